The van der Waals surface area contributed by atoms with Crippen LogP contribution in [0, 0.1) is 5.82 Å². The molecule has 1 atom stereocenters. The number of hydrogen-bond acceptors (Lipinski definition) is 3. The zero-order valence-electron chi connectivity index (χ0n) is 15.0. The van der Waals surface area contributed by atoms with Crippen molar-refractivity contribution in [3.05, 3.63) is 47.8 Å². The molecule has 4 nitrogen and oxygen atoms in total. The molecular weight excluding hydrogens is 349 g/mol. The van der Waals surface area contributed by atoms with Crippen LogP contribution >= 0.6 is 0 Å². The summed E-state index contributed by atoms with van der Waals surface area (Å²) in [4.78, 5) is 5.41. The Balaban J connectivity index is 1.78. The van der Waals surface area contributed by atoms with E-state index in [9.17, 15) is 4.55 Å². The molecule has 1 fully saturated rings. The normalized spacial score (nSPS) is 16.9. The van der Waals surface area contributed by atoms with Gasteiger partial charge in [0.15, 0.2) is 10.7 Å². The van der Waals surface area contributed by atoms with Gasteiger partial charge in [-0.1, -0.05) is 6.07 Å². The summed E-state index contributed by atoms with van der Waals surface area (Å²) in [5.74, 6) is 0.828. The van der Waals surface area contributed by atoms with Crippen LogP contribution in [0.1, 0.15) is 24.3 Å². The van der Waals surface area contributed by atoms with Gasteiger partial charge < -0.3 is 14.4 Å². The molecule has 2 aromatic carbocycles. The minimum atomic E-state index is -1.02. The lowest BCUT2D eigenvalue weighted by Crippen LogP contribution is -2.27. The molecule has 1 N–H and O–H groups in total. The third kappa shape index (κ3) is 3.02. The predicted octanol–water partition coefficient (Wildman–Crippen LogP) is 3.58. The Labute approximate surface area is 155 Å². The van der Waals surface area contributed by atoms with E-state index in [0.717, 1.165) is 47.8 Å². The molecule has 4 rings (SSSR count). The van der Waals surface area contributed by atoms with Crippen molar-refractivity contribution in [2.24, 2.45) is 7.05 Å². The molecule has 0 aliphatic carbocycles. The number of benzene rings is 2. The molecule has 0 bridgehead atoms. The Morgan fingerprint density at radius 1 is 1.15 bits per heavy atom. The highest BCUT2D eigenvalue weighted by molar-refractivity contribution is 7.90. The second-order valence-corrected chi connectivity index (χ2v) is 8.21. The standard InChI is InChI=1S/C20H22FN3OS/c1-24-19-17(8-7-16(18(19)21)13-9-11-22-12-10-13)23-20(24)14-3-5-15(6-4-14)26(2)25/h3-8,13,22H,9-12H2,1-2H3. The van der Waals surface area contributed by atoms with E-state index >= 15 is 4.39 Å². The van der Waals surface area contributed by atoms with Gasteiger partial charge in [0.1, 0.15) is 17.6 Å². The van der Waals surface area contributed by atoms with E-state index < -0.39 is 11.2 Å². The first-order valence-corrected chi connectivity index (χ1v) is 10.4. The largest absolute Gasteiger partial charge is 0.612 e. The van der Waals surface area contributed by atoms with Gasteiger partial charge in [-0.25, -0.2) is 9.37 Å². The number of aryl methyl sites for hydroxylation is 1. The molecule has 26 heavy (non-hydrogen) atoms. The molecule has 136 valence electrons. The first-order valence-electron chi connectivity index (χ1n) is 8.85. The molecule has 1 aliphatic heterocycles. The first kappa shape index (κ1) is 17.5. The number of hydrogen-bond donors (Lipinski definition) is 1. The van der Waals surface area contributed by atoms with E-state index in [0.29, 0.717) is 11.0 Å². The smallest absolute Gasteiger partial charge is 0.152 e. The molecule has 2 heterocycles. The van der Waals surface area contributed by atoms with Crippen molar-refractivity contribution in [3.63, 3.8) is 0 Å². The molecule has 3 aromatic rings. The highest BCUT2D eigenvalue weighted by Gasteiger charge is 2.23. The fourth-order valence-electron chi connectivity index (χ4n) is 3.78. The van der Waals surface area contributed by atoms with Crippen LogP contribution in [-0.4, -0.2) is 33.4 Å². The van der Waals surface area contributed by atoms with Gasteiger partial charge in [0.05, 0.1) is 5.52 Å². The Morgan fingerprint density at radius 3 is 2.50 bits per heavy atom. The van der Waals surface area contributed by atoms with Gasteiger partial charge in [-0.05, 0) is 78.9 Å². The van der Waals surface area contributed by atoms with Gasteiger partial charge in [0.2, 0.25) is 0 Å². The molecule has 0 spiro atoms. The molecule has 1 unspecified atom stereocenters. The Bertz CT molecular complexity index is 930. The summed E-state index contributed by atoms with van der Waals surface area (Å²) < 4.78 is 28.7. The summed E-state index contributed by atoms with van der Waals surface area (Å²) in [6.07, 6.45) is 3.58. The van der Waals surface area contributed by atoms with Crippen LogP contribution < -0.4 is 5.32 Å². The molecule has 0 saturated carbocycles. The van der Waals surface area contributed by atoms with E-state index in [2.05, 4.69) is 10.3 Å². The van der Waals surface area contributed by atoms with E-state index in [1.165, 1.54) is 0 Å². The molecule has 0 radical (unpaired) electrons. The fourth-order valence-corrected chi connectivity index (χ4v) is 4.30. The predicted molar refractivity (Wildman–Crippen MR) is 103 cm³/mol. The van der Waals surface area contributed by atoms with E-state index in [-0.39, 0.29) is 11.7 Å². The van der Waals surface area contributed by atoms with Gasteiger partial charge in [-0.2, -0.15) is 0 Å². The third-order valence-electron chi connectivity index (χ3n) is 5.23. The van der Waals surface area contributed by atoms with Crippen LogP contribution in [0.3, 0.4) is 0 Å². The van der Waals surface area contributed by atoms with Crippen molar-refractivity contribution >= 4 is 22.2 Å². The second kappa shape index (κ2) is 7.02. The quantitative estimate of drug-likeness (QED) is 0.716. The summed E-state index contributed by atoms with van der Waals surface area (Å²) in [6, 6.07) is 11.3. The van der Waals surface area contributed by atoms with Gasteiger partial charge in [-0.15, -0.1) is 0 Å². The van der Waals surface area contributed by atoms with Crippen molar-refractivity contribution in [1.29, 1.82) is 0 Å². The summed E-state index contributed by atoms with van der Waals surface area (Å²) in [6.45, 7) is 1.87. The van der Waals surface area contributed by atoms with Crippen molar-refractivity contribution < 1.29 is 8.94 Å². The van der Waals surface area contributed by atoms with Crippen molar-refractivity contribution in [2.45, 2.75) is 23.7 Å². The van der Waals surface area contributed by atoms with Crippen molar-refractivity contribution in [1.82, 2.24) is 14.9 Å². The van der Waals surface area contributed by atoms with Crippen molar-refractivity contribution in [3.8, 4) is 11.4 Å². The minimum Gasteiger partial charge on any atom is -0.612 e. The number of fused-ring (bicyclic) bond motifs is 1. The zero-order chi connectivity index (χ0) is 18.3. The molecule has 1 aromatic heterocycles. The zero-order valence-corrected chi connectivity index (χ0v) is 15.8. The molecule has 1 saturated heterocycles. The lowest BCUT2D eigenvalue weighted by Gasteiger charge is -2.23. The molecular formula is C20H22FN3OS. The molecule has 6 heteroatoms. The van der Waals surface area contributed by atoms with Crippen LogP contribution in [0.25, 0.3) is 22.4 Å². The van der Waals surface area contributed by atoms with Crippen molar-refractivity contribution in [2.75, 3.05) is 19.3 Å². The maximum atomic E-state index is 15.3. The molecule has 0 amide bonds. The molecule has 1 aliphatic rings. The maximum absolute atomic E-state index is 15.3. The highest BCUT2D eigenvalue weighted by Crippen LogP contribution is 2.33. The Hall–Kier alpha value is -1.89. The summed E-state index contributed by atoms with van der Waals surface area (Å²) in [5, 5.41) is 3.33. The number of piperidine rings is 1. The number of imidazole rings is 1. The average molecular weight is 371 g/mol. The number of aromatic nitrogens is 2. The Morgan fingerprint density at radius 2 is 1.85 bits per heavy atom. The van der Waals surface area contributed by atoms with E-state index in [1.54, 1.807) is 6.26 Å². The SMILES string of the molecule is Cn1c(-c2ccc([S+](C)[O-])cc2)nc2ccc(C3CCNCC3)c(F)c21. The van der Waals surface area contributed by atoms with Crippen LogP contribution in [0.5, 0.6) is 0 Å². The van der Waals surface area contributed by atoms with E-state index in [4.69, 9.17) is 0 Å². The number of halogens is 1. The van der Waals surface area contributed by atoms with Crippen LogP contribution in [0.15, 0.2) is 41.3 Å². The summed E-state index contributed by atoms with van der Waals surface area (Å²) >= 11 is -1.02. The maximum Gasteiger partial charge on any atom is 0.152 e. The average Bonchev–Trinajstić information content (AvgIpc) is 3.00. The Kier molecular flexibility index (Phi) is 4.73. The minimum absolute atomic E-state index is 0.151. The monoisotopic (exact) mass is 371 g/mol. The summed E-state index contributed by atoms with van der Waals surface area (Å²) in [5.41, 5.74) is 2.91. The van der Waals surface area contributed by atoms with Crippen LogP contribution in [0.4, 0.5) is 4.39 Å². The van der Waals surface area contributed by atoms with Gasteiger partial charge in [0, 0.05) is 12.6 Å². The highest BCUT2D eigenvalue weighted by atomic mass is 32.2. The van der Waals surface area contributed by atoms with Gasteiger partial charge >= 0.3 is 0 Å². The lowest BCUT2D eigenvalue weighted by atomic mass is 9.89. The van der Waals surface area contributed by atoms with Crippen LogP contribution in [-0.2, 0) is 18.2 Å². The topological polar surface area (TPSA) is 52.9 Å². The fraction of sp³-hybridized carbons (Fsp3) is 0.350. The van der Waals surface area contributed by atoms with Crippen LogP contribution in [0.2, 0.25) is 0 Å². The lowest BCUT2D eigenvalue weighted by molar-refractivity contribution is 0.446. The van der Waals surface area contributed by atoms with Gasteiger partial charge in [-0.3, -0.25) is 0 Å². The van der Waals surface area contributed by atoms with E-state index in [1.807, 2.05) is 48.0 Å². The first-order chi connectivity index (χ1) is 12.6. The summed E-state index contributed by atoms with van der Waals surface area (Å²) in [7, 11) is 1.85. The number of rotatable bonds is 3. The second-order valence-electron chi connectivity index (χ2n) is 6.83. The number of nitrogens with zero attached hydrogens (tertiary/aromatic N) is 2. The number of nitrogens with one attached hydrogen (secondary N) is 1. The van der Waals surface area contributed by atoms with Gasteiger partial charge in [0.25, 0.3) is 0 Å². The third-order valence-corrected chi connectivity index (χ3v) is 6.16.